The molecule has 1 fully saturated rings. The Morgan fingerprint density at radius 2 is 2.24 bits per heavy atom. The molecular weight excluding hydrogens is 282 g/mol. The van der Waals surface area contributed by atoms with Gasteiger partial charge in [0, 0.05) is 17.3 Å². The lowest BCUT2D eigenvalue weighted by molar-refractivity contribution is 0.196. The average molecular weight is 303 g/mol. The first-order valence-electron chi connectivity index (χ1n) is 7.86. The summed E-state index contributed by atoms with van der Waals surface area (Å²) in [6.07, 6.45) is 6.27. The monoisotopic (exact) mass is 303 g/mol. The molecular formula is C15H21N5S. The molecule has 4 rings (SSSR count). The first-order valence-corrected chi connectivity index (χ1v) is 8.68. The van der Waals surface area contributed by atoms with Gasteiger partial charge in [0.15, 0.2) is 5.82 Å². The number of piperidine rings is 1. The molecule has 1 atom stereocenters. The van der Waals surface area contributed by atoms with E-state index in [0.717, 1.165) is 31.3 Å². The summed E-state index contributed by atoms with van der Waals surface area (Å²) >= 11 is 1.97. The van der Waals surface area contributed by atoms with Crippen molar-refractivity contribution in [3.8, 4) is 0 Å². The van der Waals surface area contributed by atoms with E-state index in [9.17, 15) is 0 Å². The molecule has 1 aliphatic heterocycles. The number of nitrogens with one attached hydrogen (secondary N) is 1. The van der Waals surface area contributed by atoms with Crippen LogP contribution in [-0.2, 0) is 19.4 Å². The number of aromatic nitrogens is 4. The summed E-state index contributed by atoms with van der Waals surface area (Å²) in [7, 11) is 0. The quantitative estimate of drug-likeness (QED) is 0.946. The summed E-state index contributed by atoms with van der Waals surface area (Å²) < 4.78 is 0. The molecule has 2 aromatic heterocycles. The van der Waals surface area contributed by atoms with Crippen LogP contribution in [-0.4, -0.2) is 38.2 Å². The number of likely N-dealkylation sites (tertiary alicyclic amines) is 1. The van der Waals surface area contributed by atoms with E-state index in [2.05, 4.69) is 20.1 Å². The fraction of sp³-hybridized carbons (Fsp3) is 0.667. The molecule has 6 heteroatoms. The average Bonchev–Trinajstić information content (AvgIpc) is 3.15. The number of aromatic amines is 1. The van der Waals surface area contributed by atoms with Gasteiger partial charge in [-0.3, -0.25) is 10.00 Å². The molecule has 21 heavy (non-hydrogen) atoms. The molecule has 0 bridgehead atoms. The van der Waals surface area contributed by atoms with E-state index in [-0.39, 0.29) is 0 Å². The standard InChI is InChI=1S/C15H21N5S/c1-10-16-14(19-18-10)9-20-7-3-4-11(8-20)15-17-12-5-2-6-13(12)21-15/h11H,2-9H2,1H3,(H,16,18,19). The molecule has 1 N–H and O–H groups in total. The van der Waals surface area contributed by atoms with Crippen LogP contribution in [0.3, 0.4) is 0 Å². The smallest absolute Gasteiger partial charge is 0.164 e. The number of hydrogen-bond donors (Lipinski definition) is 1. The zero-order valence-electron chi connectivity index (χ0n) is 12.4. The van der Waals surface area contributed by atoms with Crippen molar-refractivity contribution in [2.75, 3.05) is 13.1 Å². The lowest BCUT2D eigenvalue weighted by Crippen LogP contribution is -2.34. The van der Waals surface area contributed by atoms with E-state index in [0.29, 0.717) is 5.92 Å². The van der Waals surface area contributed by atoms with Crippen molar-refractivity contribution in [3.63, 3.8) is 0 Å². The van der Waals surface area contributed by atoms with Crippen molar-refractivity contribution >= 4 is 11.3 Å². The Labute approximate surface area is 128 Å². The van der Waals surface area contributed by atoms with Crippen molar-refractivity contribution in [3.05, 3.63) is 27.2 Å². The van der Waals surface area contributed by atoms with Crippen LogP contribution in [0.1, 0.15) is 52.4 Å². The largest absolute Gasteiger partial charge is 0.295 e. The number of nitrogens with zero attached hydrogens (tertiary/aromatic N) is 4. The van der Waals surface area contributed by atoms with Gasteiger partial charge in [-0.2, -0.15) is 5.10 Å². The highest BCUT2D eigenvalue weighted by Gasteiger charge is 2.27. The zero-order chi connectivity index (χ0) is 14.2. The Morgan fingerprint density at radius 1 is 1.29 bits per heavy atom. The second-order valence-electron chi connectivity index (χ2n) is 6.19. The molecule has 0 spiro atoms. The van der Waals surface area contributed by atoms with Gasteiger partial charge in [0.25, 0.3) is 0 Å². The highest BCUT2D eigenvalue weighted by Crippen LogP contribution is 2.35. The summed E-state index contributed by atoms with van der Waals surface area (Å²) in [5, 5.41) is 8.56. The van der Waals surface area contributed by atoms with Gasteiger partial charge < -0.3 is 0 Å². The molecule has 0 radical (unpaired) electrons. The molecule has 2 aromatic rings. The molecule has 3 heterocycles. The Hall–Kier alpha value is -1.27. The summed E-state index contributed by atoms with van der Waals surface area (Å²) in [5.41, 5.74) is 1.39. The number of rotatable bonds is 3. The Morgan fingerprint density at radius 3 is 3.05 bits per heavy atom. The van der Waals surface area contributed by atoms with Crippen LogP contribution < -0.4 is 0 Å². The van der Waals surface area contributed by atoms with Crippen molar-refractivity contribution in [1.82, 2.24) is 25.1 Å². The molecule has 1 aliphatic carbocycles. The van der Waals surface area contributed by atoms with Crippen molar-refractivity contribution in [1.29, 1.82) is 0 Å². The zero-order valence-corrected chi connectivity index (χ0v) is 13.2. The maximum atomic E-state index is 4.91. The van der Waals surface area contributed by atoms with Crippen molar-refractivity contribution < 1.29 is 0 Å². The fourth-order valence-electron chi connectivity index (χ4n) is 3.45. The second kappa shape index (κ2) is 5.50. The van der Waals surface area contributed by atoms with E-state index in [1.165, 1.54) is 42.8 Å². The molecule has 112 valence electrons. The predicted molar refractivity (Wildman–Crippen MR) is 82.5 cm³/mol. The van der Waals surface area contributed by atoms with E-state index in [1.54, 1.807) is 4.88 Å². The Bertz CT molecular complexity index is 610. The summed E-state index contributed by atoms with van der Waals surface area (Å²) in [6, 6.07) is 0. The lowest BCUT2D eigenvalue weighted by atomic mass is 9.99. The summed E-state index contributed by atoms with van der Waals surface area (Å²) in [4.78, 5) is 13.4. The maximum Gasteiger partial charge on any atom is 0.164 e. The highest BCUT2D eigenvalue weighted by molar-refractivity contribution is 7.11. The third-order valence-corrected chi connectivity index (χ3v) is 5.80. The van der Waals surface area contributed by atoms with Gasteiger partial charge in [0.1, 0.15) is 5.82 Å². The minimum atomic E-state index is 0.606. The van der Waals surface area contributed by atoms with Gasteiger partial charge in [0.2, 0.25) is 0 Å². The third kappa shape index (κ3) is 2.74. The highest BCUT2D eigenvalue weighted by atomic mass is 32.1. The minimum absolute atomic E-state index is 0.606. The normalized spacial score (nSPS) is 22.6. The molecule has 0 saturated carbocycles. The van der Waals surface area contributed by atoms with E-state index in [4.69, 9.17) is 4.98 Å². The molecule has 5 nitrogen and oxygen atoms in total. The second-order valence-corrected chi connectivity index (χ2v) is 7.30. The first-order chi connectivity index (χ1) is 10.3. The van der Waals surface area contributed by atoms with E-state index < -0.39 is 0 Å². The van der Waals surface area contributed by atoms with Crippen LogP contribution >= 0.6 is 11.3 Å². The van der Waals surface area contributed by atoms with Crippen molar-refractivity contribution in [2.24, 2.45) is 0 Å². The number of thiazole rings is 1. The van der Waals surface area contributed by atoms with Crippen molar-refractivity contribution in [2.45, 2.75) is 51.5 Å². The molecule has 1 unspecified atom stereocenters. The number of H-pyrrole nitrogens is 1. The van der Waals surface area contributed by atoms with E-state index >= 15 is 0 Å². The Balaban J connectivity index is 1.44. The van der Waals surface area contributed by atoms with Gasteiger partial charge in [-0.1, -0.05) is 0 Å². The molecule has 2 aliphatic rings. The molecule has 0 amide bonds. The van der Waals surface area contributed by atoms with Crippen LogP contribution in [0.2, 0.25) is 0 Å². The topological polar surface area (TPSA) is 57.7 Å². The van der Waals surface area contributed by atoms with Gasteiger partial charge in [-0.25, -0.2) is 9.97 Å². The Kier molecular flexibility index (Phi) is 3.51. The number of fused-ring (bicyclic) bond motifs is 1. The predicted octanol–water partition coefficient (Wildman–Crippen LogP) is 2.44. The SMILES string of the molecule is Cc1nc(CN2CCCC(c3nc4c(s3)CCC4)C2)n[nH]1. The van der Waals surface area contributed by atoms with Gasteiger partial charge in [-0.05, 0) is 45.6 Å². The molecule has 1 saturated heterocycles. The minimum Gasteiger partial charge on any atom is -0.295 e. The van der Waals surface area contributed by atoms with Crippen LogP contribution in [0.25, 0.3) is 0 Å². The summed E-state index contributed by atoms with van der Waals surface area (Å²) in [6.45, 7) is 5.05. The van der Waals surface area contributed by atoms with Gasteiger partial charge >= 0.3 is 0 Å². The number of aryl methyl sites for hydroxylation is 3. The third-order valence-electron chi connectivity index (χ3n) is 4.48. The van der Waals surface area contributed by atoms with Crippen LogP contribution in [0.4, 0.5) is 0 Å². The van der Waals surface area contributed by atoms with Crippen LogP contribution in [0.5, 0.6) is 0 Å². The fourth-order valence-corrected chi connectivity index (χ4v) is 4.72. The summed E-state index contributed by atoms with van der Waals surface area (Å²) in [5.74, 6) is 2.42. The first kappa shape index (κ1) is 13.4. The lowest BCUT2D eigenvalue weighted by Gasteiger charge is -2.30. The van der Waals surface area contributed by atoms with E-state index in [1.807, 2.05) is 18.3 Å². The van der Waals surface area contributed by atoms with Crippen LogP contribution in [0, 0.1) is 6.92 Å². The van der Waals surface area contributed by atoms with Crippen LogP contribution in [0.15, 0.2) is 0 Å². The van der Waals surface area contributed by atoms with Gasteiger partial charge in [0.05, 0.1) is 17.2 Å². The van der Waals surface area contributed by atoms with Gasteiger partial charge in [-0.15, -0.1) is 11.3 Å². The molecule has 0 aromatic carbocycles. The maximum absolute atomic E-state index is 4.91. The number of hydrogen-bond acceptors (Lipinski definition) is 5.